The predicted octanol–water partition coefficient (Wildman–Crippen LogP) is 4.04. The molecule has 0 radical (unpaired) electrons. The SMILES string of the molecule is Cc1cc(Br)ccc1NC(=O)c1cnc(N2CCCC(C)C2)nc1. The highest BCUT2D eigenvalue weighted by Gasteiger charge is 2.19. The summed E-state index contributed by atoms with van der Waals surface area (Å²) in [5, 5.41) is 2.91. The van der Waals surface area contributed by atoms with Crippen molar-refractivity contribution in [3.63, 3.8) is 0 Å². The molecular weight excluding hydrogens is 368 g/mol. The number of benzene rings is 1. The first-order valence-electron chi connectivity index (χ1n) is 8.17. The fourth-order valence-electron chi connectivity index (χ4n) is 2.93. The zero-order chi connectivity index (χ0) is 17.1. The first kappa shape index (κ1) is 16.9. The minimum absolute atomic E-state index is 0.195. The Balaban J connectivity index is 1.69. The molecule has 6 heteroatoms. The maximum Gasteiger partial charge on any atom is 0.258 e. The lowest BCUT2D eigenvalue weighted by atomic mass is 10.0. The van der Waals surface area contributed by atoms with Crippen LogP contribution in [-0.4, -0.2) is 29.0 Å². The van der Waals surface area contributed by atoms with E-state index in [0.717, 1.165) is 35.2 Å². The number of hydrogen-bond donors (Lipinski definition) is 1. The van der Waals surface area contributed by atoms with Gasteiger partial charge in [0, 0.05) is 35.6 Å². The Morgan fingerprint density at radius 2 is 2.08 bits per heavy atom. The summed E-state index contributed by atoms with van der Waals surface area (Å²) in [6.45, 7) is 6.16. The van der Waals surface area contributed by atoms with E-state index in [4.69, 9.17) is 0 Å². The van der Waals surface area contributed by atoms with Crippen LogP contribution in [0.2, 0.25) is 0 Å². The van der Waals surface area contributed by atoms with Gasteiger partial charge in [0.15, 0.2) is 0 Å². The molecule has 1 saturated heterocycles. The molecule has 1 aliphatic heterocycles. The lowest BCUT2D eigenvalue weighted by molar-refractivity contribution is 0.102. The molecule has 1 unspecified atom stereocenters. The second kappa shape index (κ2) is 7.30. The summed E-state index contributed by atoms with van der Waals surface area (Å²) in [4.78, 5) is 23.3. The van der Waals surface area contributed by atoms with Gasteiger partial charge in [-0.05, 0) is 49.4 Å². The van der Waals surface area contributed by atoms with Crippen LogP contribution in [0.3, 0.4) is 0 Å². The number of aryl methyl sites for hydroxylation is 1. The summed E-state index contributed by atoms with van der Waals surface area (Å²) in [5.41, 5.74) is 2.25. The lowest BCUT2D eigenvalue weighted by Crippen LogP contribution is -2.35. The number of nitrogens with zero attached hydrogens (tertiary/aromatic N) is 3. The van der Waals surface area contributed by atoms with Crippen LogP contribution < -0.4 is 10.2 Å². The Morgan fingerprint density at radius 3 is 2.75 bits per heavy atom. The maximum atomic E-state index is 12.4. The van der Waals surface area contributed by atoms with Crippen LogP contribution in [0, 0.1) is 12.8 Å². The Morgan fingerprint density at radius 1 is 1.33 bits per heavy atom. The lowest BCUT2D eigenvalue weighted by Gasteiger charge is -2.30. The van der Waals surface area contributed by atoms with Crippen LogP contribution in [-0.2, 0) is 0 Å². The van der Waals surface area contributed by atoms with Crippen molar-refractivity contribution < 1.29 is 4.79 Å². The molecule has 24 heavy (non-hydrogen) atoms. The van der Waals surface area contributed by atoms with Crippen molar-refractivity contribution in [1.29, 1.82) is 0 Å². The molecule has 1 N–H and O–H groups in total. The number of aromatic nitrogens is 2. The number of anilines is 2. The first-order chi connectivity index (χ1) is 11.5. The Hall–Kier alpha value is -1.95. The van der Waals surface area contributed by atoms with Gasteiger partial charge in [-0.2, -0.15) is 0 Å². The van der Waals surface area contributed by atoms with Crippen molar-refractivity contribution >= 4 is 33.5 Å². The molecule has 126 valence electrons. The molecule has 2 aromatic rings. The number of piperidine rings is 1. The molecule has 0 spiro atoms. The van der Waals surface area contributed by atoms with E-state index in [2.05, 4.69) is 43.0 Å². The van der Waals surface area contributed by atoms with Crippen molar-refractivity contribution in [1.82, 2.24) is 9.97 Å². The van der Waals surface area contributed by atoms with E-state index in [1.807, 2.05) is 25.1 Å². The summed E-state index contributed by atoms with van der Waals surface area (Å²) < 4.78 is 0.987. The third-order valence-electron chi connectivity index (χ3n) is 4.28. The van der Waals surface area contributed by atoms with Gasteiger partial charge in [-0.1, -0.05) is 22.9 Å². The molecule has 2 heterocycles. The minimum atomic E-state index is -0.195. The number of carbonyl (C=O) groups is 1. The average Bonchev–Trinajstić information content (AvgIpc) is 2.57. The topological polar surface area (TPSA) is 58.1 Å². The Bertz CT molecular complexity index is 732. The summed E-state index contributed by atoms with van der Waals surface area (Å²) in [7, 11) is 0. The van der Waals surface area contributed by atoms with Crippen LogP contribution in [0.1, 0.15) is 35.7 Å². The molecular formula is C18H21BrN4O. The highest BCUT2D eigenvalue weighted by molar-refractivity contribution is 9.10. The smallest absolute Gasteiger partial charge is 0.258 e. The zero-order valence-electron chi connectivity index (χ0n) is 13.9. The van der Waals surface area contributed by atoms with Gasteiger partial charge < -0.3 is 10.2 Å². The fraction of sp³-hybridized carbons (Fsp3) is 0.389. The molecule has 1 amide bonds. The Kier molecular flexibility index (Phi) is 5.14. The third-order valence-corrected chi connectivity index (χ3v) is 4.77. The molecule has 0 saturated carbocycles. The predicted molar refractivity (Wildman–Crippen MR) is 99.5 cm³/mol. The maximum absolute atomic E-state index is 12.4. The van der Waals surface area contributed by atoms with Gasteiger partial charge in [0.05, 0.1) is 5.56 Å². The third kappa shape index (κ3) is 3.93. The van der Waals surface area contributed by atoms with E-state index in [0.29, 0.717) is 17.4 Å². The second-order valence-electron chi connectivity index (χ2n) is 6.38. The molecule has 5 nitrogen and oxygen atoms in total. The quantitative estimate of drug-likeness (QED) is 0.861. The Labute approximate surface area is 150 Å². The average molecular weight is 389 g/mol. The van der Waals surface area contributed by atoms with Crippen LogP contribution >= 0.6 is 15.9 Å². The number of halogens is 1. The van der Waals surface area contributed by atoms with Crippen molar-refractivity contribution in [2.24, 2.45) is 5.92 Å². The van der Waals surface area contributed by atoms with E-state index in [1.165, 1.54) is 6.42 Å². The van der Waals surface area contributed by atoms with Gasteiger partial charge in [0.25, 0.3) is 5.91 Å². The number of rotatable bonds is 3. The van der Waals surface area contributed by atoms with Crippen molar-refractivity contribution in [2.45, 2.75) is 26.7 Å². The van der Waals surface area contributed by atoms with E-state index >= 15 is 0 Å². The van der Waals surface area contributed by atoms with E-state index in [-0.39, 0.29) is 5.91 Å². The highest BCUT2D eigenvalue weighted by Crippen LogP contribution is 2.21. The number of amides is 1. The summed E-state index contributed by atoms with van der Waals surface area (Å²) in [6, 6.07) is 5.74. The molecule has 1 atom stereocenters. The standard InChI is InChI=1S/C18H21BrN4O/c1-12-4-3-7-23(11-12)18-20-9-14(10-21-18)17(24)22-16-6-5-15(19)8-13(16)2/h5-6,8-10,12H,3-4,7,11H2,1-2H3,(H,22,24). The van der Waals surface area contributed by atoms with Gasteiger partial charge in [-0.25, -0.2) is 9.97 Å². The van der Waals surface area contributed by atoms with Crippen LogP contribution in [0.5, 0.6) is 0 Å². The van der Waals surface area contributed by atoms with Gasteiger partial charge >= 0.3 is 0 Å². The molecule has 0 bridgehead atoms. The van der Waals surface area contributed by atoms with Gasteiger partial charge in [-0.3, -0.25) is 4.79 Å². The number of nitrogens with one attached hydrogen (secondary N) is 1. The van der Waals surface area contributed by atoms with Crippen LogP contribution in [0.15, 0.2) is 35.1 Å². The largest absolute Gasteiger partial charge is 0.341 e. The minimum Gasteiger partial charge on any atom is -0.341 e. The normalized spacial score (nSPS) is 17.6. The summed E-state index contributed by atoms with van der Waals surface area (Å²) in [5.74, 6) is 1.17. The van der Waals surface area contributed by atoms with E-state index in [1.54, 1.807) is 12.4 Å². The molecule has 1 aromatic carbocycles. The van der Waals surface area contributed by atoms with Crippen LogP contribution in [0.25, 0.3) is 0 Å². The molecule has 1 fully saturated rings. The van der Waals surface area contributed by atoms with Crippen molar-refractivity contribution in [3.8, 4) is 0 Å². The fourth-order valence-corrected chi connectivity index (χ4v) is 3.41. The zero-order valence-corrected chi connectivity index (χ0v) is 15.5. The number of carbonyl (C=O) groups excluding carboxylic acids is 1. The van der Waals surface area contributed by atoms with Crippen molar-refractivity contribution in [3.05, 3.63) is 46.2 Å². The van der Waals surface area contributed by atoms with Crippen LogP contribution in [0.4, 0.5) is 11.6 Å². The van der Waals surface area contributed by atoms with Gasteiger partial charge in [0.2, 0.25) is 5.95 Å². The van der Waals surface area contributed by atoms with Crippen molar-refractivity contribution in [2.75, 3.05) is 23.3 Å². The molecule has 3 rings (SSSR count). The molecule has 1 aromatic heterocycles. The molecule has 0 aliphatic carbocycles. The highest BCUT2D eigenvalue weighted by atomic mass is 79.9. The monoisotopic (exact) mass is 388 g/mol. The second-order valence-corrected chi connectivity index (χ2v) is 7.29. The van der Waals surface area contributed by atoms with Gasteiger partial charge in [-0.15, -0.1) is 0 Å². The van der Waals surface area contributed by atoms with E-state index in [9.17, 15) is 4.79 Å². The summed E-state index contributed by atoms with van der Waals surface area (Å²) in [6.07, 6.45) is 5.62. The van der Waals surface area contributed by atoms with E-state index < -0.39 is 0 Å². The number of hydrogen-bond acceptors (Lipinski definition) is 4. The first-order valence-corrected chi connectivity index (χ1v) is 8.97. The molecule has 1 aliphatic rings. The summed E-state index contributed by atoms with van der Waals surface area (Å²) >= 11 is 3.42. The van der Waals surface area contributed by atoms with Gasteiger partial charge in [0.1, 0.15) is 0 Å².